The van der Waals surface area contributed by atoms with Crippen LogP contribution in [-0.2, 0) is 6.42 Å². The van der Waals surface area contributed by atoms with Crippen LogP contribution in [0.3, 0.4) is 0 Å². The Kier molecular flexibility index (Phi) is 6.09. The molecule has 0 bridgehead atoms. The fourth-order valence-electron chi connectivity index (χ4n) is 2.97. The van der Waals surface area contributed by atoms with Gasteiger partial charge in [-0.1, -0.05) is 110 Å². The lowest BCUT2D eigenvalue weighted by Gasteiger charge is -2.13. The second-order valence-corrected chi connectivity index (χ2v) is 6.60. The third-order valence-electron chi connectivity index (χ3n) is 4.37. The van der Waals surface area contributed by atoms with E-state index >= 15 is 0 Å². The normalized spacial score (nSPS) is 11.9. The van der Waals surface area contributed by atoms with Gasteiger partial charge in [0.05, 0.1) is 5.03 Å². The highest BCUT2D eigenvalue weighted by Gasteiger charge is 2.12. The Morgan fingerprint density at radius 1 is 0.680 bits per heavy atom. The number of rotatable bonds is 6. The van der Waals surface area contributed by atoms with E-state index in [2.05, 4.69) is 67.6 Å². The van der Waals surface area contributed by atoms with Crippen molar-refractivity contribution in [3.63, 3.8) is 0 Å². The van der Waals surface area contributed by atoms with E-state index < -0.39 is 0 Å². The molecular formula is C24H23Cl. The number of benzene rings is 3. The van der Waals surface area contributed by atoms with Crippen molar-refractivity contribution in [2.45, 2.75) is 26.2 Å². The molecule has 0 radical (unpaired) electrons. The first kappa shape index (κ1) is 17.5. The van der Waals surface area contributed by atoms with E-state index in [1.807, 2.05) is 24.3 Å². The van der Waals surface area contributed by atoms with E-state index in [0.29, 0.717) is 0 Å². The molecule has 0 atom stereocenters. The van der Waals surface area contributed by atoms with Crippen LogP contribution in [0.1, 0.15) is 42.0 Å². The lowest BCUT2D eigenvalue weighted by atomic mass is 9.94. The van der Waals surface area contributed by atoms with Gasteiger partial charge in [-0.2, -0.15) is 0 Å². The molecule has 0 amide bonds. The average Bonchev–Trinajstić information content (AvgIpc) is 2.69. The molecule has 0 aromatic heterocycles. The van der Waals surface area contributed by atoms with Crippen LogP contribution in [-0.4, -0.2) is 0 Å². The zero-order chi connectivity index (χ0) is 17.5. The summed E-state index contributed by atoms with van der Waals surface area (Å²) in [5.74, 6) is 0. The molecule has 0 fully saturated rings. The topological polar surface area (TPSA) is 0 Å². The van der Waals surface area contributed by atoms with Gasteiger partial charge < -0.3 is 0 Å². The summed E-state index contributed by atoms with van der Waals surface area (Å²) in [5.41, 5.74) is 5.79. The summed E-state index contributed by atoms with van der Waals surface area (Å²) in [5, 5.41) is 0.785. The molecule has 126 valence electrons. The SMILES string of the molecule is CCCCc1ccc(/C(=C(\Cl)c2ccccc2)c2ccccc2)cc1. The third-order valence-corrected chi connectivity index (χ3v) is 4.78. The average molecular weight is 347 g/mol. The summed E-state index contributed by atoms with van der Waals surface area (Å²) in [4.78, 5) is 0. The van der Waals surface area contributed by atoms with E-state index in [1.165, 1.54) is 18.4 Å². The van der Waals surface area contributed by atoms with Crippen LogP contribution in [0.5, 0.6) is 0 Å². The highest BCUT2D eigenvalue weighted by Crippen LogP contribution is 2.34. The summed E-state index contributed by atoms with van der Waals surface area (Å²) in [6.45, 7) is 2.23. The Hall–Kier alpha value is -2.31. The van der Waals surface area contributed by atoms with Gasteiger partial charge in [0.2, 0.25) is 0 Å². The molecule has 0 spiro atoms. The molecule has 0 N–H and O–H groups in total. The molecule has 0 aliphatic rings. The summed E-state index contributed by atoms with van der Waals surface area (Å²) >= 11 is 6.84. The molecule has 0 aliphatic carbocycles. The van der Waals surface area contributed by atoms with Crippen molar-refractivity contribution in [1.82, 2.24) is 0 Å². The first-order valence-electron chi connectivity index (χ1n) is 8.89. The monoisotopic (exact) mass is 346 g/mol. The van der Waals surface area contributed by atoms with Crippen molar-refractivity contribution >= 4 is 22.2 Å². The van der Waals surface area contributed by atoms with Gasteiger partial charge in [-0.3, -0.25) is 0 Å². The summed E-state index contributed by atoms with van der Waals surface area (Å²) < 4.78 is 0. The van der Waals surface area contributed by atoms with Gasteiger partial charge in [-0.15, -0.1) is 0 Å². The Balaban J connectivity index is 2.06. The fourth-order valence-corrected chi connectivity index (χ4v) is 3.32. The highest BCUT2D eigenvalue weighted by atomic mass is 35.5. The molecule has 3 rings (SSSR count). The molecule has 0 heterocycles. The Bertz CT molecular complexity index is 815. The first-order valence-corrected chi connectivity index (χ1v) is 9.27. The zero-order valence-corrected chi connectivity index (χ0v) is 15.3. The van der Waals surface area contributed by atoms with Crippen LogP contribution in [0.25, 0.3) is 10.6 Å². The Morgan fingerprint density at radius 3 is 1.76 bits per heavy atom. The second kappa shape index (κ2) is 8.69. The molecule has 1 heteroatoms. The van der Waals surface area contributed by atoms with Gasteiger partial charge >= 0.3 is 0 Å². The van der Waals surface area contributed by atoms with E-state index in [4.69, 9.17) is 11.6 Å². The number of unbranched alkanes of at least 4 members (excludes halogenated alkanes) is 1. The summed E-state index contributed by atoms with van der Waals surface area (Å²) in [7, 11) is 0. The molecule has 3 aromatic carbocycles. The van der Waals surface area contributed by atoms with Crippen molar-refractivity contribution in [3.8, 4) is 0 Å². The van der Waals surface area contributed by atoms with Crippen molar-refractivity contribution in [2.75, 3.05) is 0 Å². The maximum absolute atomic E-state index is 6.84. The molecule has 0 saturated carbocycles. The number of aryl methyl sites for hydroxylation is 1. The minimum absolute atomic E-state index is 0.785. The smallest absolute Gasteiger partial charge is 0.0562 e. The van der Waals surface area contributed by atoms with Gasteiger partial charge in [-0.25, -0.2) is 0 Å². The Labute approximate surface area is 155 Å². The van der Waals surface area contributed by atoms with Crippen LogP contribution in [0.4, 0.5) is 0 Å². The predicted octanol–water partition coefficient (Wildman–Crippen LogP) is 7.18. The standard InChI is InChI=1S/C24H23Cl/c1-2-3-10-19-15-17-21(18-16-19)23(20-11-6-4-7-12-20)24(25)22-13-8-5-9-14-22/h4-9,11-18H,2-3,10H2,1H3/b24-23-. The molecule has 0 saturated heterocycles. The molecule has 0 unspecified atom stereocenters. The van der Waals surface area contributed by atoms with Crippen molar-refractivity contribution in [3.05, 3.63) is 107 Å². The predicted molar refractivity (Wildman–Crippen MR) is 110 cm³/mol. The van der Waals surface area contributed by atoms with Crippen molar-refractivity contribution < 1.29 is 0 Å². The van der Waals surface area contributed by atoms with Crippen LogP contribution in [0.2, 0.25) is 0 Å². The summed E-state index contributed by atoms with van der Waals surface area (Å²) in [6, 6.07) is 29.4. The number of hydrogen-bond acceptors (Lipinski definition) is 0. The third kappa shape index (κ3) is 4.41. The molecule has 0 aliphatic heterocycles. The fraction of sp³-hybridized carbons (Fsp3) is 0.167. The van der Waals surface area contributed by atoms with Crippen molar-refractivity contribution in [1.29, 1.82) is 0 Å². The number of hydrogen-bond donors (Lipinski definition) is 0. The lowest BCUT2D eigenvalue weighted by molar-refractivity contribution is 0.795. The van der Waals surface area contributed by atoms with Gasteiger partial charge in [0.25, 0.3) is 0 Å². The van der Waals surface area contributed by atoms with Crippen LogP contribution in [0, 0.1) is 0 Å². The van der Waals surface area contributed by atoms with E-state index in [1.54, 1.807) is 0 Å². The second-order valence-electron chi connectivity index (χ2n) is 6.22. The van der Waals surface area contributed by atoms with Crippen LogP contribution < -0.4 is 0 Å². The van der Waals surface area contributed by atoms with Gasteiger partial charge in [-0.05, 0) is 35.1 Å². The Morgan fingerprint density at radius 2 is 1.20 bits per heavy atom. The molecule has 25 heavy (non-hydrogen) atoms. The summed E-state index contributed by atoms with van der Waals surface area (Å²) in [6.07, 6.45) is 3.58. The highest BCUT2D eigenvalue weighted by molar-refractivity contribution is 6.53. The minimum atomic E-state index is 0.785. The van der Waals surface area contributed by atoms with E-state index in [-0.39, 0.29) is 0 Å². The number of halogens is 1. The maximum atomic E-state index is 6.84. The lowest BCUT2D eigenvalue weighted by Crippen LogP contribution is -1.93. The van der Waals surface area contributed by atoms with Gasteiger partial charge in [0, 0.05) is 5.57 Å². The van der Waals surface area contributed by atoms with Crippen molar-refractivity contribution in [2.24, 2.45) is 0 Å². The van der Waals surface area contributed by atoms with Crippen LogP contribution >= 0.6 is 11.6 Å². The van der Waals surface area contributed by atoms with Gasteiger partial charge in [0.1, 0.15) is 0 Å². The zero-order valence-electron chi connectivity index (χ0n) is 14.6. The quantitative estimate of drug-likeness (QED) is 0.414. The van der Waals surface area contributed by atoms with E-state index in [9.17, 15) is 0 Å². The molecule has 0 nitrogen and oxygen atoms in total. The first-order chi connectivity index (χ1) is 12.3. The largest absolute Gasteiger partial charge is 0.0830 e. The van der Waals surface area contributed by atoms with E-state index in [0.717, 1.165) is 33.7 Å². The molecule has 3 aromatic rings. The minimum Gasteiger partial charge on any atom is -0.0830 e. The van der Waals surface area contributed by atoms with Gasteiger partial charge in [0.15, 0.2) is 0 Å². The maximum Gasteiger partial charge on any atom is 0.0562 e. The molecular weight excluding hydrogens is 324 g/mol. The van der Waals surface area contributed by atoms with Crippen LogP contribution in [0.15, 0.2) is 84.9 Å².